The Hall–Kier alpha value is -1.92. The van der Waals surface area contributed by atoms with Crippen LogP contribution < -0.4 is 10.5 Å². The van der Waals surface area contributed by atoms with Gasteiger partial charge in [-0.3, -0.25) is 14.7 Å². The second-order valence-corrected chi connectivity index (χ2v) is 5.91. The molecule has 1 N–H and O–H groups in total. The van der Waals surface area contributed by atoms with Crippen molar-refractivity contribution < 1.29 is 0 Å². The zero-order valence-corrected chi connectivity index (χ0v) is 13.2. The van der Waals surface area contributed by atoms with Crippen LogP contribution in [-0.4, -0.2) is 46.3 Å². The molecule has 0 saturated carbocycles. The first kappa shape index (κ1) is 15.0. The minimum absolute atomic E-state index is 0.214. The number of anilines is 1. The van der Waals surface area contributed by atoms with Crippen molar-refractivity contribution in [2.45, 2.75) is 13.5 Å². The topological polar surface area (TPSA) is 65.1 Å². The molecule has 6 nitrogen and oxygen atoms in total. The molecule has 0 aliphatic carbocycles. The molecule has 3 rings (SSSR count). The predicted octanol–water partition coefficient (Wildman–Crippen LogP) is 1.45. The maximum Gasteiger partial charge on any atom is 0.285 e. The number of aromatic amines is 1. The molecule has 1 fully saturated rings. The third-order valence-corrected chi connectivity index (χ3v) is 4.19. The number of rotatable bonds is 3. The van der Waals surface area contributed by atoms with Gasteiger partial charge in [0, 0.05) is 45.1 Å². The molecule has 7 heteroatoms. The van der Waals surface area contributed by atoms with Gasteiger partial charge in [-0.05, 0) is 18.1 Å². The van der Waals surface area contributed by atoms with Gasteiger partial charge in [-0.2, -0.15) is 5.10 Å². The lowest BCUT2D eigenvalue weighted by molar-refractivity contribution is 0.249. The second kappa shape index (κ2) is 6.46. The minimum Gasteiger partial charge on any atom is -0.366 e. The van der Waals surface area contributed by atoms with Crippen LogP contribution in [-0.2, 0) is 6.54 Å². The van der Waals surface area contributed by atoms with Gasteiger partial charge < -0.3 is 4.90 Å². The van der Waals surface area contributed by atoms with E-state index in [0.717, 1.165) is 32.7 Å². The van der Waals surface area contributed by atoms with Gasteiger partial charge in [-0.25, -0.2) is 5.10 Å². The molecule has 0 bridgehead atoms. The van der Waals surface area contributed by atoms with Crippen molar-refractivity contribution in [2.24, 2.45) is 0 Å². The largest absolute Gasteiger partial charge is 0.366 e. The maximum atomic E-state index is 11.5. The minimum atomic E-state index is -0.340. The molecule has 1 aliphatic rings. The van der Waals surface area contributed by atoms with Crippen molar-refractivity contribution in [3.8, 4) is 0 Å². The Balaban J connectivity index is 1.63. The van der Waals surface area contributed by atoms with Crippen LogP contribution >= 0.6 is 11.6 Å². The number of aryl methyl sites for hydroxylation is 1. The van der Waals surface area contributed by atoms with Crippen LogP contribution in [0, 0.1) is 6.92 Å². The van der Waals surface area contributed by atoms with Gasteiger partial charge in [-0.15, -0.1) is 0 Å². The average Bonchev–Trinajstić information content (AvgIpc) is 2.51. The Morgan fingerprint density at radius 3 is 2.73 bits per heavy atom. The highest BCUT2D eigenvalue weighted by Crippen LogP contribution is 2.22. The number of aromatic nitrogens is 3. The predicted molar refractivity (Wildman–Crippen MR) is 86.3 cm³/mol. The van der Waals surface area contributed by atoms with Gasteiger partial charge >= 0.3 is 0 Å². The Labute approximate surface area is 133 Å². The summed E-state index contributed by atoms with van der Waals surface area (Å²) >= 11 is 6.06. The van der Waals surface area contributed by atoms with E-state index in [9.17, 15) is 4.79 Å². The first-order valence-electron chi connectivity index (χ1n) is 7.24. The van der Waals surface area contributed by atoms with E-state index in [1.807, 2.05) is 12.4 Å². The summed E-state index contributed by atoms with van der Waals surface area (Å²) in [5.41, 5.74) is 2.77. The lowest BCUT2D eigenvalue weighted by Crippen LogP contribution is -2.46. The number of piperazine rings is 1. The van der Waals surface area contributed by atoms with Crippen LogP contribution in [0.2, 0.25) is 5.02 Å². The van der Waals surface area contributed by atoms with E-state index in [2.05, 4.69) is 38.0 Å². The number of hydrogen-bond acceptors (Lipinski definition) is 5. The van der Waals surface area contributed by atoms with Crippen molar-refractivity contribution in [2.75, 3.05) is 31.1 Å². The Bertz CT molecular complexity index is 709. The van der Waals surface area contributed by atoms with Crippen LogP contribution in [0.25, 0.3) is 0 Å². The molecular weight excluding hydrogens is 302 g/mol. The van der Waals surface area contributed by atoms with Crippen LogP contribution in [0.5, 0.6) is 0 Å². The highest BCUT2D eigenvalue weighted by Gasteiger charge is 2.20. The quantitative estimate of drug-likeness (QED) is 0.927. The summed E-state index contributed by atoms with van der Waals surface area (Å²) in [4.78, 5) is 20.2. The second-order valence-electron chi connectivity index (χ2n) is 5.53. The summed E-state index contributed by atoms with van der Waals surface area (Å²) in [6, 6.07) is 2.16. The fraction of sp³-hybridized carbons (Fsp3) is 0.400. The molecular formula is C15H18ClN5O. The van der Waals surface area contributed by atoms with E-state index < -0.39 is 0 Å². The van der Waals surface area contributed by atoms with E-state index in [-0.39, 0.29) is 10.6 Å². The lowest BCUT2D eigenvalue weighted by atomic mass is 10.2. The zero-order chi connectivity index (χ0) is 15.5. The number of nitrogens with zero attached hydrogens (tertiary/aromatic N) is 4. The molecule has 22 heavy (non-hydrogen) atoms. The summed E-state index contributed by atoms with van der Waals surface area (Å²) in [7, 11) is 0. The van der Waals surface area contributed by atoms with E-state index in [1.165, 1.54) is 11.1 Å². The van der Waals surface area contributed by atoms with Gasteiger partial charge in [0.15, 0.2) is 0 Å². The van der Waals surface area contributed by atoms with E-state index in [1.54, 1.807) is 6.20 Å². The van der Waals surface area contributed by atoms with Crippen LogP contribution in [0.15, 0.2) is 29.5 Å². The molecule has 0 spiro atoms. The average molecular weight is 320 g/mol. The van der Waals surface area contributed by atoms with Gasteiger partial charge in [0.25, 0.3) is 5.56 Å². The molecule has 3 heterocycles. The Morgan fingerprint density at radius 2 is 2.00 bits per heavy atom. The third kappa shape index (κ3) is 3.28. The van der Waals surface area contributed by atoms with Crippen LogP contribution in [0.4, 0.5) is 5.69 Å². The van der Waals surface area contributed by atoms with E-state index >= 15 is 0 Å². The number of pyridine rings is 1. The molecule has 0 radical (unpaired) electrons. The molecule has 0 aromatic carbocycles. The van der Waals surface area contributed by atoms with Gasteiger partial charge in [0.2, 0.25) is 0 Å². The summed E-state index contributed by atoms with van der Waals surface area (Å²) < 4.78 is 0. The molecule has 2 aromatic rings. The van der Waals surface area contributed by atoms with Crippen molar-refractivity contribution in [1.29, 1.82) is 0 Å². The summed E-state index contributed by atoms with van der Waals surface area (Å²) in [6.07, 6.45) is 5.39. The van der Waals surface area contributed by atoms with Crippen molar-refractivity contribution in [3.63, 3.8) is 0 Å². The lowest BCUT2D eigenvalue weighted by Gasteiger charge is -2.36. The molecule has 116 valence electrons. The van der Waals surface area contributed by atoms with Gasteiger partial charge in [-0.1, -0.05) is 17.7 Å². The van der Waals surface area contributed by atoms with Gasteiger partial charge in [0.05, 0.1) is 11.9 Å². The molecule has 2 aromatic heterocycles. The van der Waals surface area contributed by atoms with Crippen LogP contribution in [0.3, 0.4) is 0 Å². The van der Waals surface area contributed by atoms with Crippen molar-refractivity contribution in [3.05, 3.63) is 51.2 Å². The first-order valence-corrected chi connectivity index (χ1v) is 7.62. The Kier molecular flexibility index (Phi) is 4.40. The number of hydrogen-bond donors (Lipinski definition) is 1. The SMILES string of the molecule is Cc1cncc(CN2CCN(c3cn[nH]c(=O)c3Cl)CC2)c1. The molecule has 0 amide bonds. The Morgan fingerprint density at radius 1 is 1.23 bits per heavy atom. The molecule has 1 saturated heterocycles. The van der Waals surface area contributed by atoms with E-state index in [4.69, 9.17) is 11.6 Å². The maximum absolute atomic E-state index is 11.5. The molecule has 0 atom stereocenters. The first-order chi connectivity index (χ1) is 10.6. The van der Waals surface area contributed by atoms with Crippen molar-refractivity contribution in [1.82, 2.24) is 20.1 Å². The number of H-pyrrole nitrogens is 1. The van der Waals surface area contributed by atoms with Crippen molar-refractivity contribution >= 4 is 17.3 Å². The smallest absolute Gasteiger partial charge is 0.285 e. The van der Waals surface area contributed by atoms with Gasteiger partial charge in [0.1, 0.15) is 5.02 Å². The highest BCUT2D eigenvalue weighted by molar-refractivity contribution is 6.32. The monoisotopic (exact) mass is 319 g/mol. The normalized spacial score (nSPS) is 16.0. The third-order valence-electron chi connectivity index (χ3n) is 3.83. The summed E-state index contributed by atoms with van der Waals surface area (Å²) in [6.45, 7) is 6.42. The molecule has 0 unspecified atom stereocenters. The fourth-order valence-corrected chi connectivity index (χ4v) is 2.91. The number of halogens is 1. The zero-order valence-electron chi connectivity index (χ0n) is 12.4. The summed E-state index contributed by atoms with van der Waals surface area (Å²) in [5, 5.41) is 6.39. The van der Waals surface area contributed by atoms with Crippen LogP contribution in [0.1, 0.15) is 11.1 Å². The molecule has 1 aliphatic heterocycles. The standard InChI is InChI=1S/C15H18ClN5O/c1-11-6-12(8-17-7-11)10-20-2-4-21(5-3-20)13-9-18-19-15(22)14(13)16/h6-9H,2-5,10H2,1H3,(H,19,22). The highest BCUT2D eigenvalue weighted by atomic mass is 35.5. The number of nitrogens with one attached hydrogen (secondary N) is 1. The fourth-order valence-electron chi connectivity index (χ4n) is 2.70. The summed E-state index contributed by atoms with van der Waals surface area (Å²) in [5.74, 6) is 0. The van der Waals surface area contributed by atoms with E-state index in [0.29, 0.717) is 5.69 Å².